The lowest BCUT2D eigenvalue weighted by atomic mass is 10.3. The van der Waals surface area contributed by atoms with E-state index in [1.165, 1.54) is 0 Å². The van der Waals surface area contributed by atoms with Gasteiger partial charge < -0.3 is 15.5 Å². The molecular weight excluding hydrogens is 240 g/mol. The Balaban J connectivity index is 1.64. The number of nitrogen functional groups attached to an aromatic ring is 1. The molecule has 0 atom stereocenters. The van der Waals surface area contributed by atoms with E-state index in [2.05, 4.69) is 26.9 Å². The fourth-order valence-electron chi connectivity index (χ4n) is 2.41. The fraction of sp³-hybridized carbons (Fsp3) is 0.538. The summed E-state index contributed by atoms with van der Waals surface area (Å²) in [4.78, 5) is 9.34. The van der Waals surface area contributed by atoms with E-state index in [4.69, 9.17) is 5.73 Å². The molecule has 1 fully saturated rings. The first kappa shape index (κ1) is 12.4. The SMILES string of the molecule is CN1CCN(CCc2nc3cccc(N)n3n2)CC1. The zero-order valence-corrected chi connectivity index (χ0v) is 11.3. The van der Waals surface area contributed by atoms with Gasteiger partial charge in [0.1, 0.15) is 5.82 Å². The van der Waals surface area contributed by atoms with Crippen LogP contribution in [0.1, 0.15) is 5.82 Å². The highest BCUT2D eigenvalue weighted by Gasteiger charge is 2.14. The average molecular weight is 260 g/mol. The van der Waals surface area contributed by atoms with Gasteiger partial charge in [-0.05, 0) is 19.2 Å². The van der Waals surface area contributed by atoms with Crippen molar-refractivity contribution in [2.75, 3.05) is 45.5 Å². The van der Waals surface area contributed by atoms with Gasteiger partial charge in [0, 0.05) is 39.1 Å². The number of hydrogen-bond acceptors (Lipinski definition) is 5. The molecule has 0 bridgehead atoms. The van der Waals surface area contributed by atoms with Gasteiger partial charge in [-0.25, -0.2) is 4.98 Å². The molecule has 3 heterocycles. The number of fused-ring (bicyclic) bond motifs is 1. The molecule has 0 spiro atoms. The van der Waals surface area contributed by atoms with Crippen LogP contribution in [0.15, 0.2) is 18.2 Å². The molecular formula is C13H20N6. The topological polar surface area (TPSA) is 62.7 Å². The Bertz CT molecular complexity index is 555. The Kier molecular flexibility index (Phi) is 3.35. The number of nitrogens with zero attached hydrogens (tertiary/aromatic N) is 5. The summed E-state index contributed by atoms with van der Waals surface area (Å²) in [5.74, 6) is 1.51. The van der Waals surface area contributed by atoms with Gasteiger partial charge >= 0.3 is 0 Å². The zero-order valence-electron chi connectivity index (χ0n) is 11.3. The van der Waals surface area contributed by atoms with Crippen molar-refractivity contribution in [3.05, 3.63) is 24.0 Å². The smallest absolute Gasteiger partial charge is 0.157 e. The molecule has 2 aromatic heterocycles. The van der Waals surface area contributed by atoms with E-state index in [1.807, 2.05) is 18.2 Å². The second-order valence-corrected chi connectivity index (χ2v) is 5.14. The molecule has 0 saturated carbocycles. The lowest BCUT2D eigenvalue weighted by molar-refractivity contribution is 0.155. The maximum absolute atomic E-state index is 5.87. The molecule has 0 amide bonds. The van der Waals surface area contributed by atoms with Crippen molar-refractivity contribution in [3.63, 3.8) is 0 Å². The molecule has 0 unspecified atom stereocenters. The second kappa shape index (κ2) is 5.14. The first-order valence-corrected chi connectivity index (χ1v) is 6.73. The Morgan fingerprint density at radius 3 is 2.74 bits per heavy atom. The molecule has 102 valence electrons. The third-order valence-electron chi connectivity index (χ3n) is 3.68. The number of hydrogen-bond donors (Lipinski definition) is 1. The van der Waals surface area contributed by atoms with Crippen LogP contribution in [-0.2, 0) is 6.42 Å². The summed E-state index contributed by atoms with van der Waals surface area (Å²) in [6, 6.07) is 5.68. The van der Waals surface area contributed by atoms with Crippen molar-refractivity contribution in [2.45, 2.75) is 6.42 Å². The molecule has 1 aliphatic rings. The van der Waals surface area contributed by atoms with Crippen LogP contribution >= 0.6 is 0 Å². The standard InChI is InChI=1S/C13H20N6/c1-17-7-9-18(10-8-17)6-5-12-15-13-4-2-3-11(14)19(13)16-12/h2-4H,5-10,14H2,1H3. The number of anilines is 1. The first-order valence-electron chi connectivity index (χ1n) is 6.73. The van der Waals surface area contributed by atoms with E-state index in [1.54, 1.807) is 4.52 Å². The maximum Gasteiger partial charge on any atom is 0.157 e. The Morgan fingerprint density at radius 1 is 1.21 bits per heavy atom. The van der Waals surface area contributed by atoms with E-state index in [-0.39, 0.29) is 0 Å². The number of aromatic nitrogens is 3. The molecule has 6 nitrogen and oxygen atoms in total. The second-order valence-electron chi connectivity index (χ2n) is 5.14. The van der Waals surface area contributed by atoms with Crippen molar-refractivity contribution in [1.82, 2.24) is 24.4 Å². The molecule has 0 radical (unpaired) electrons. The Labute approximate surface area is 112 Å². The quantitative estimate of drug-likeness (QED) is 0.848. The molecule has 1 saturated heterocycles. The molecule has 2 N–H and O–H groups in total. The lowest BCUT2D eigenvalue weighted by Gasteiger charge is -2.31. The highest BCUT2D eigenvalue weighted by Crippen LogP contribution is 2.08. The maximum atomic E-state index is 5.87. The van der Waals surface area contributed by atoms with Crippen LogP contribution in [0.2, 0.25) is 0 Å². The molecule has 6 heteroatoms. The minimum Gasteiger partial charge on any atom is -0.384 e. The minimum absolute atomic E-state index is 0.635. The number of piperazine rings is 1. The largest absolute Gasteiger partial charge is 0.384 e. The van der Waals surface area contributed by atoms with E-state index in [0.717, 1.165) is 50.6 Å². The highest BCUT2D eigenvalue weighted by molar-refractivity contribution is 5.45. The van der Waals surface area contributed by atoms with Gasteiger partial charge in [0.25, 0.3) is 0 Å². The Morgan fingerprint density at radius 2 is 2.00 bits per heavy atom. The molecule has 1 aliphatic heterocycles. The van der Waals surface area contributed by atoms with Gasteiger partial charge in [-0.3, -0.25) is 0 Å². The van der Waals surface area contributed by atoms with Crippen LogP contribution in [-0.4, -0.2) is 64.2 Å². The van der Waals surface area contributed by atoms with Crippen molar-refractivity contribution < 1.29 is 0 Å². The summed E-state index contributed by atoms with van der Waals surface area (Å²) in [5, 5.41) is 4.46. The summed E-state index contributed by atoms with van der Waals surface area (Å²) in [7, 11) is 2.17. The van der Waals surface area contributed by atoms with Crippen LogP contribution in [0.3, 0.4) is 0 Å². The number of nitrogens with two attached hydrogens (primary N) is 1. The number of likely N-dealkylation sites (N-methyl/N-ethyl adjacent to an activating group) is 1. The molecule has 3 rings (SSSR count). The van der Waals surface area contributed by atoms with Gasteiger partial charge in [0.05, 0.1) is 0 Å². The van der Waals surface area contributed by atoms with Gasteiger partial charge in [-0.1, -0.05) is 6.07 Å². The predicted octanol–water partition coefficient (Wildman–Crippen LogP) is 0.101. The predicted molar refractivity (Wildman–Crippen MR) is 75.0 cm³/mol. The van der Waals surface area contributed by atoms with Crippen LogP contribution in [0.25, 0.3) is 5.65 Å². The monoisotopic (exact) mass is 260 g/mol. The summed E-state index contributed by atoms with van der Waals surface area (Å²) < 4.78 is 1.71. The van der Waals surface area contributed by atoms with Gasteiger partial charge in [-0.2, -0.15) is 4.52 Å². The summed E-state index contributed by atoms with van der Waals surface area (Å²) >= 11 is 0. The van der Waals surface area contributed by atoms with Gasteiger partial charge in [-0.15, -0.1) is 5.10 Å². The van der Waals surface area contributed by atoms with Crippen LogP contribution in [0.5, 0.6) is 0 Å². The van der Waals surface area contributed by atoms with E-state index >= 15 is 0 Å². The molecule has 0 aromatic carbocycles. The first-order chi connectivity index (χ1) is 9.22. The van der Waals surface area contributed by atoms with Gasteiger partial charge in [0.15, 0.2) is 11.5 Å². The Hall–Kier alpha value is -1.66. The van der Waals surface area contributed by atoms with Crippen molar-refractivity contribution in [3.8, 4) is 0 Å². The van der Waals surface area contributed by atoms with Crippen molar-refractivity contribution in [2.24, 2.45) is 0 Å². The zero-order chi connectivity index (χ0) is 13.2. The minimum atomic E-state index is 0.635. The van der Waals surface area contributed by atoms with E-state index < -0.39 is 0 Å². The van der Waals surface area contributed by atoms with Crippen LogP contribution in [0, 0.1) is 0 Å². The third-order valence-corrected chi connectivity index (χ3v) is 3.68. The van der Waals surface area contributed by atoms with Gasteiger partial charge in [0.2, 0.25) is 0 Å². The highest BCUT2D eigenvalue weighted by atomic mass is 15.3. The van der Waals surface area contributed by atoms with E-state index in [0.29, 0.717) is 5.82 Å². The lowest BCUT2D eigenvalue weighted by Crippen LogP contribution is -2.45. The fourth-order valence-corrected chi connectivity index (χ4v) is 2.41. The molecule has 0 aliphatic carbocycles. The van der Waals surface area contributed by atoms with Crippen molar-refractivity contribution in [1.29, 1.82) is 0 Å². The summed E-state index contributed by atoms with van der Waals surface area (Å²) in [5.41, 5.74) is 6.70. The molecule has 2 aromatic rings. The number of rotatable bonds is 3. The average Bonchev–Trinajstić information content (AvgIpc) is 2.83. The van der Waals surface area contributed by atoms with Crippen LogP contribution in [0.4, 0.5) is 5.82 Å². The third kappa shape index (κ3) is 2.69. The number of pyridine rings is 1. The molecule has 19 heavy (non-hydrogen) atoms. The van der Waals surface area contributed by atoms with Crippen LogP contribution < -0.4 is 5.73 Å². The van der Waals surface area contributed by atoms with Crippen molar-refractivity contribution >= 4 is 11.5 Å². The summed E-state index contributed by atoms with van der Waals surface area (Å²) in [6.07, 6.45) is 0.880. The summed E-state index contributed by atoms with van der Waals surface area (Å²) in [6.45, 7) is 5.57. The normalized spacial score (nSPS) is 18.2. The van der Waals surface area contributed by atoms with E-state index in [9.17, 15) is 0 Å².